The van der Waals surface area contributed by atoms with Gasteiger partial charge in [0.05, 0.1) is 31.9 Å². The molecule has 2 aromatic carbocycles. The quantitative estimate of drug-likeness (QED) is 0.821. The van der Waals surface area contributed by atoms with Crippen LogP contribution < -0.4 is 19.9 Å². The molecule has 0 saturated carbocycles. The summed E-state index contributed by atoms with van der Waals surface area (Å²) in [5.74, 6) is 0.943. The number of halogens is 2. The second-order valence-electron chi connectivity index (χ2n) is 4.39. The predicted octanol–water partition coefficient (Wildman–Crippen LogP) is 3.97. The number of hydrogen-bond donors (Lipinski definition) is 2. The topological polar surface area (TPSA) is 73.9 Å². The third kappa shape index (κ3) is 2.69. The first kappa shape index (κ1) is 16.4. The maximum absolute atomic E-state index is 10.2. The van der Waals surface area contributed by atoms with Crippen molar-refractivity contribution in [1.29, 1.82) is 0 Å². The Bertz CT molecular complexity index is 696. The molecule has 0 atom stereocenters. The highest BCUT2D eigenvalue weighted by Crippen LogP contribution is 2.52. The zero-order valence-electron chi connectivity index (χ0n) is 12.2. The molecule has 0 fully saturated rings. The molecule has 0 aliphatic carbocycles. The third-order valence-electron chi connectivity index (χ3n) is 3.14. The van der Waals surface area contributed by atoms with Crippen LogP contribution in [-0.4, -0.2) is 26.4 Å². The molecule has 0 spiro atoms. The van der Waals surface area contributed by atoms with Crippen molar-refractivity contribution in [2.75, 3.05) is 27.1 Å². The van der Waals surface area contributed by atoms with E-state index in [0.717, 1.165) is 0 Å². The van der Waals surface area contributed by atoms with Gasteiger partial charge in [-0.15, -0.1) is 0 Å². The second kappa shape index (κ2) is 6.42. The maximum atomic E-state index is 10.2. The Morgan fingerprint density at radius 2 is 1.55 bits per heavy atom. The van der Waals surface area contributed by atoms with Gasteiger partial charge in [0.1, 0.15) is 5.75 Å². The summed E-state index contributed by atoms with van der Waals surface area (Å²) in [7, 11) is 4.42. The molecule has 0 unspecified atom stereocenters. The molecule has 0 aliphatic rings. The van der Waals surface area contributed by atoms with Gasteiger partial charge in [-0.1, -0.05) is 23.2 Å². The normalized spacial score (nSPS) is 10.4. The zero-order valence-corrected chi connectivity index (χ0v) is 13.7. The highest BCUT2D eigenvalue weighted by atomic mass is 35.5. The van der Waals surface area contributed by atoms with Crippen LogP contribution in [0.2, 0.25) is 10.0 Å². The van der Waals surface area contributed by atoms with Crippen LogP contribution in [0.3, 0.4) is 0 Å². The molecule has 5 nitrogen and oxygen atoms in total. The van der Waals surface area contributed by atoms with Crippen LogP contribution in [0.25, 0.3) is 11.1 Å². The highest BCUT2D eigenvalue weighted by molar-refractivity contribution is 6.37. The Kier molecular flexibility index (Phi) is 4.78. The van der Waals surface area contributed by atoms with E-state index in [1.807, 2.05) is 0 Å². The molecule has 2 aromatic rings. The lowest BCUT2D eigenvalue weighted by Crippen LogP contribution is -2.01. The molecule has 0 bridgehead atoms. The van der Waals surface area contributed by atoms with E-state index in [4.69, 9.17) is 43.1 Å². The van der Waals surface area contributed by atoms with Gasteiger partial charge in [-0.25, -0.2) is 0 Å². The molecular weight excluding hydrogens is 329 g/mol. The van der Waals surface area contributed by atoms with E-state index in [-0.39, 0.29) is 10.8 Å². The van der Waals surface area contributed by atoms with E-state index in [0.29, 0.717) is 39.1 Å². The summed E-state index contributed by atoms with van der Waals surface area (Å²) in [6.07, 6.45) is 0. The van der Waals surface area contributed by atoms with Gasteiger partial charge in [-0.3, -0.25) is 0 Å². The van der Waals surface area contributed by atoms with Crippen molar-refractivity contribution in [2.45, 2.75) is 0 Å². The largest absolute Gasteiger partial charge is 0.507 e. The lowest BCUT2D eigenvalue weighted by Gasteiger charge is -2.19. The number of methoxy groups -OCH3 is 3. The average Bonchev–Trinajstić information content (AvgIpc) is 2.46. The average molecular weight is 344 g/mol. The summed E-state index contributed by atoms with van der Waals surface area (Å²) in [6.45, 7) is 0. The van der Waals surface area contributed by atoms with Gasteiger partial charge in [0.25, 0.3) is 0 Å². The van der Waals surface area contributed by atoms with E-state index in [2.05, 4.69) is 0 Å². The Labute approximate surface area is 138 Å². The van der Waals surface area contributed by atoms with Crippen LogP contribution in [0.15, 0.2) is 18.2 Å². The number of rotatable bonds is 4. The van der Waals surface area contributed by atoms with E-state index in [9.17, 15) is 5.11 Å². The molecule has 0 aromatic heterocycles. The van der Waals surface area contributed by atoms with Crippen molar-refractivity contribution in [2.24, 2.45) is 0 Å². The highest BCUT2D eigenvalue weighted by Gasteiger charge is 2.24. The molecule has 0 heterocycles. The van der Waals surface area contributed by atoms with Crippen LogP contribution in [-0.2, 0) is 0 Å². The minimum absolute atomic E-state index is 0.116. The predicted molar refractivity (Wildman–Crippen MR) is 87.6 cm³/mol. The summed E-state index contributed by atoms with van der Waals surface area (Å²) in [4.78, 5) is 0. The first-order valence-electron chi connectivity index (χ1n) is 6.21. The number of phenols is 1. The van der Waals surface area contributed by atoms with Crippen molar-refractivity contribution in [3.8, 4) is 34.1 Å². The summed E-state index contributed by atoms with van der Waals surface area (Å²) in [5, 5.41) is 10.8. The molecule has 0 radical (unpaired) electrons. The number of aromatic hydroxyl groups is 1. The van der Waals surface area contributed by atoms with Crippen molar-refractivity contribution < 1.29 is 19.3 Å². The molecular formula is C15H15Cl2NO4. The van der Waals surface area contributed by atoms with Gasteiger partial charge >= 0.3 is 0 Å². The van der Waals surface area contributed by atoms with Crippen LogP contribution >= 0.6 is 23.2 Å². The first-order valence-corrected chi connectivity index (χ1v) is 6.97. The molecule has 3 N–H and O–H groups in total. The number of phenolic OH excluding ortho intramolecular Hbond substituents is 1. The van der Waals surface area contributed by atoms with E-state index in [1.54, 1.807) is 6.07 Å². The zero-order chi connectivity index (χ0) is 16.4. The number of nitrogen functional groups attached to an aromatic ring is 1. The summed E-state index contributed by atoms with van der Waals surface area (Å²) in [6, 6.07) is 4.45. The van der Waals surface area contributed by atoms with E-state index < -0.39 is 0 Å². The fourth-order valence-electron chi connectivity index (χ4n) is 2.24. The van der Waals surface area contributed by atoms with Crippen LogP contribution in [0.1, 0.15) is 0 Å². The minimum Gasteiger partial charge on any atom is -0.507 e. The Morgan fingerprint density at radius 1 is 0.909 bits per heavy atom. The fraction of sp³-hybridized carbons (Fsp3) is 0.200. The minimum atomic E-state index is -0.116. The summed E-state index contributed by atoms with van der Waals surface area (Å²) < 4.78 is 15.9. The van der Waals surface area contributed by atoms with Gasteiger partial charge in [0.2, 0.25) is 5.75 Å². The Hall–Kier alpha value is -1.98. The lowest BCUT2D eigenvalue weighted by molar-refractivity contribution is 0.325. The number of nitrogens with two attached hydrogens (primary N) is 1. The monoisotopic (exact) mass is 343 g/mol. The van der Waals surface area contributed by atoms with Crippen LogP contribution in [0.4, 0.5) is 5.69 Å². The molecule has 0 saturated heterocycles. The van der Waals surface area contributed by atoms with Gasteiger partial charge in [0, 0.05) is 22.3 Å². The number of benzene rings is 2. The Morgan fingerprint density at radius 3 is 2.05 bits per heavy atom. The van der Waals surface area contributed by atoms with Gasteiger partial charge in [-0.05, 0) is 12.1 Å². The smallest absolute Gasteiger partial charge is 0.204 e. The van der Waals surface area contributed by atoms with Gasteiger partial charge < -0.3 is 25.1 Å². The van der Waals surface area contributed by atoms with Crippen molar-refractivity contribution in [1.82, 2.24) is 0 Å². The van der Waals surface area contributed by atoms with E-state index in [1.165, 1.54) is 33.5 Å². The first-order chi connectivity index (χ1) is 10.4. The molecule has 7 heteroatoms. The van der Waals surface area contributed by atoms with Crippen molar-refractivity contribution >= 4 is 28.9 Å². The van der Waals surface area contributed by atoms with Crippen LogP contribution in [0.5, 0.6) is 23.0 Å². The summed E-state index contributed by atoms with van der Waals surface area (Å²) in [5.41, 5.74) is 7.11. The number of hydrogen-bond acceptors (Lipinski definition) is 5. The molecule has 2 rings (SSSR count). The number of ether oxygens (including phenoxy) is 3. The SMILES string of the molecule is COc1cc(N)c(-c2c(O)cc(Cl)cc2Cl)c(OC)c1OC. The molecule has 118 valence electrons. The number of anilines is 1. The molecule has 0 amide bonds. The van der Waals surface area contributed by atoms with Crippen molar-refractivity contribution in [3.63, 3.8) is 0 Å². The lowest BCUT2D eigenvalue weighted by atomic mass is 10.00. The van der Waals surface area contributed by atoms with Gasteiger partial charge in [0.15, 0.2) is 11.5 Å². The standard InChI is InChI=1S/C15H15Cl2NO4/c1-20-11-6-9(18)13(15(22-3)14(11)21-2)12-8(17)4-7(16)5-10(12)19/h4-6,19H,18H2,1-3H3. The van der Waals surface area contributed by atoms with Crippen molar-refractivity contribution in [3.05, 3.63) is 28.2 Å². The fourth-order valence-corrected chi connectivity index (χ4v) is 2.82. The molecule has 0 aliphatic heterocycles. The third-order valence-corrected chi connectivity index (χ3v) is 3.66. The second-order valence-corrected chi connectivity index (χ2v) is 5.23. The Balaban J connectivity index is 2.87. The van der Waals surface area contributed by atoms with Crippen LogP contribution in [0, 0.1) is 0 Å². The van der Waals surface area contributed by atoms with E-state index >= 15 is 0 Å². The summed E-state index contributed by atoms with van der Waals surface area (Å²) >= 11 is 12.1. The molecule has 22 heavy (non-hydrogen) atoms. The van der Waals surface area contributed by atoms with Gasteiger partial charge in [-0.2, -0.15) is 0 Å². The maximum Gasteiger partial charge on any atom is 0.204 e.